The number of hydrogen-bond acceptors (Lipinski definition) is 11. The summed E-state index contributed by atoms with van der Waals surface area (Å²) in [6, 6.07) is 0. The van der Waals surface area contributed by atoms with Gasteiger partial charge in [0, 0.05) is 19.3 Å². The highest BCUT2D eigenvalue weighted by molar-refractivity contribution is 5.74. The van der Waals surface area contributed by atoms with Gasteiger partial charge in [-0.05, 0) is 51.4 Å². The summed E-state index contributed by atoms with van der Waals surface area (Å²) >= 11 is 0. The molecule has 0 aromatic rings. The van der Waals surface area contributed by atoms with E-state index in [-0.39, 0.29) is 25.9 Å². The highest BCUT2D eigenvalue weighted by atomic mass is 16.7. The molecular formula is C69H124O12. The van der Waals surface area contributed by atoms with Gasteiger partial charge >= 0.3 is 23.9 Å². The van der Waals surface area contributed by atoms with Crippen LogP contribution in [-0.2, 0) is 42.9 Å². The van der Waals surface area contributed by atoms with Gasteiger partial charge in [-0.1, -0.05) is 295 Å². The molecule has 12 heteroatoms. The minimum Gasteiger partial charge on any atom is -0.479 e. The van der Waals surface area contributed by atoms with Gasteiger partial charge in [-0.15, -0.1) is 0 Å². The van der Waals surface area contributed by atoms with Crippen molar-refractivity contribution in [2.24, 2.45) is 0 Å². The van der Waals surface area contributed by atoms with E-state index in [4.69, 9.17) is 23.7 Å². The average molecular weight is 1150 g/mol. The van der Waals surface area contributed by atoms with Crippen LogP contribution in [0.4, 0.5) is 0 Å². The lowest BCUT2D eigenvalue weighted by Gasteiger charge is -2.40. The van der Waals surface area contributed by atoms with Crippen LogP contribution >= 0.6 is 0 Å². The molecule has 0 amide bonds. The normalized spacial score (nSPS) is 17.9. The van der Waals surface area contributed by atoms with Crippen LogP contribution in [-0.4, -0.2) is 89.2 Å². The lowest BCUT2D eigenvalue weighted by Crippen LogP contribution is -2.61. The first kappa shape index (κ1) is 76.0. The largest absolute Gasteiger partial charge is 0.479 e. The minimum atomic E-state index is -1.90. The van der Waals surface area contributed by atoms with Gasteiger partial charge in [0.25, 0.3) is 0 Å². The topological polar surface area (TPSA) is 175 Å². The van der Waals surface area contributed by atoms with E-state index in [1.165, 1.54) is 193 Å². The SMILES string of the molecule is CC/C=C\C/C=C\C/C=C\CCCCCC(=O)OC(COC(=O)CCCCCCCCCCCCCCCCCCCCC)COC1OC(C(=O)O)C(O)C(O)C1OC(=O)CCCCCCCCCCCCCCCCCCCCC. The van der Waals surface area contributed by atoms with Gasteiger partial charge in [-0.25, -0.2) is 4.79 Å². The molecule has 0 radical (unpaired) electrons. The molecule has 0 aromatic carbocycles. The molecule has 1 aliphatic heterocycles. The molecule has 1 heterocycles. The van der Waals surface area contributed by atoms with E-state index in [9.17, 15) is 34.5 Å². The predicted molar refractivity (Wildman–Crippen MR) is 331 cm³/mol. The number of aliphatic hydroxyl groups excluding tert-OH is 2. The van der Waals surface area contributed by atoms with Crippen LogP contribution < -0.4 is 0 Å². The second kappa shape index (κ2) is 57.4. The number of aliphatic carboxylic acids is 1. The molecule has 0 aromatic heterocycles. The van der Waals surface area contributed by atoms with Crippen LogP contribution in [0.2, 0.25) is 0 Å². The fraction of sp³-hybridized carbons (Fsp3) is 0.855. The quantitative estimate of drug-likeness (QED) is 0.0228. The Labute approximate surface area is 495 Å². The zero-order valence-corrected chi connectivity index (χ0v) is 52.3. The zero-order chi connectivity index (χ0) is 58.9. The van der Waals surface area contributed by atoms with Crippen molar-refractivity contribution in [1.29, 1.82) is 0 Å². The number of esters is 3. The fourth-order valence-electron chi connectivity index (χ4n) is 10.6. The van der Waals surface area contributed by atoms with Crippen LogP contribution in [0, 0.1) is 0 Å². The second-order valence-electron chi connectivity index (χ2n) is 23.4. The van der Waals surface area contributed by atoms with Gasteiger partial charge in [0.2, 0.25) is 0 Å². The van der Waals surface area contributed by atoms with Crippen molar-refractivity contribution in [2.45, 2.75) is 366 Å². The number of rotatable bonds is 59. The third kappa shape index (κ3) is 46.9. The number of carbonyl (C=O) groups excluding carboxylic acids is 3. The molecular weight excluding hydrogens is 1020 g/mol. The van der Waals surface area contributed by atoms with Crippen molar-refractivity contribution < 1.29 is 58.2 Å². The summed E-state index contributed by atoms with van der Waals surface area (Å²) in [7, 11) is 0. The van der Waals surface area contributed by atoms with Crippen molar-refractivity contribution in [2.75, 3.05) is 13.2 Å². The number of carboxylic acids is 1. The number of aliphatic hydroxyl groups is 2. The first-order chi connectivity index (χ1) is 39.6. The van der Waals surface area contributed by atoms with Crippen LogP contribution in [0.5, 0.6) is 0 Å². The molecule has 0 aliphatic carbocycles. The number of carbonyl (C=O) groups is 4. The van der Waals surface area contributed by atoms with Crippen molar-refractivity contribution in [1.82, 2.24) is 0 Å². The Morgan fingerprint density at radius 3 is 1.19 bits per heavy atom. The van der Waals surface area contributed by atoms with Gasteiger partial charge in [0.15, 0.2) is 24.6 Å². The Bertz CT molecular complexity index is 1550. The van der Waals surface area contributed by atoms with Crippen molar-refractivity contribution >= 4 is 23.9 Å². The highest BCUT2D eigenvalue weighted by Crippen LogP contribution is 2.27. The summed E-state index contributed by atoms with van der Waals surface area (Å²) in [5, 5.41) is 31.6. The third-order valence-corrected chi connectivity index (χ3v) is 15.7. The monoisotopic (exact) mass is 1140 g/mol. The summed E-state index contributed by atoms with van der Waals surface area (Å²) in [4.78, 5) is 51.3. The van der Waals surface area contributed by atoms with Crippen LogP contribution in [0.1, 0.15) is 329 Å². The van der Waals surface area contributed by atoms with Gasteiger partial charge < -0.3 is 39.0 Å². The number of allylic oxidation sites excluding steroid dienone is 6. The number of carboxylic acid groups (broad SMARTS) is 1. The van der Waals surface area contributed by atoms with Gasteiger partial charge in [-0.2, -0.15) is 0 Å². The van der Waals surface area contributed by atoms with E-state index in [1.807, 2.05) is 0 Å². The fourth-order valence-corrected chi connectivity index (χ4v) is 10.6. The minimum absolute atomic E-state index is 0.0633. The first-order valence-corrected chi connectivity index (χ1v) is 34.0. The Balaban J connectivity index is 2.60. The molecule has 1 rings (SSSR count). The molecule has 0 spiro atoms. The second-order valence-corrected chi connectivity index (χ2v) is 23.4. The summed E-state index contributed by atoms with van der Waals surface area (Å²) < 4.78 is 28.5. The lowest BCUT2D eigenvalue weighted by molar-refractivity contribution is -0.301. The Kier molecular flexibility index (Phi) is 53.8. The smallest absolute Gasteiger partial charge is 0.335 e. The number of ether oxygens (including phenoxy) is 5. The van der Waals surface area contributed by atoms with E-state index in [0.717, 1.165) is 77.0 Å². The van der Waals surface area contributed by atoms with E-state index in [1.54, 1.807) is 0 Å². The van der Waals surface area contributed by atoms with Gasteiger partial charge in [0.1, 0.15) is 18.8 Å². The lowest BCUT2D eigenvalue weighted by atomic mass is 9.98. The molecule has 81 heavy (non-hydrogen) atoms. The van der Waals surface area contributed by atoms with E-state index >= 15 is 0 Å². The molecule has 472 valence electrons. The maximum absolute atomic E-state index is 13.2. The van der Waals surface area contributed by atoms with Crippen molar-refractivity contribution in [3.63, 3.8) is 0 Å². The average Bonchev–Trinajstić information content (AvgIpc) is 3.54. The number of unbranched alkanes of at least 4 members (excludes halogenated alkanes) is 39. The summed E-state index contributed by atoms with van der Waals surface area (Å²) in [6.07, 6.45) is 56.9. The standard InChI is InChI=1S/C69H124O12/c1-4-7-10-13-16-19-22-25-27-29-31-33-35-38-40-43-46-49-52-55-61(70)77-58-60(79-62(71)56-53-50-47-44-41-37-24-21-18-15-12-9-6-3)59-78-69-67(65(74)64(73)66(81-69)68(75)76)80-63(72)57-54-51-48-45-42-39-36-34-32-30-28-26-23-20-17-14-11-8-5-2/h9,12,18,21,37,41,60,64-67,69,73-74H,4-8,10-11,13-17,19-20,22-36,38-40,42-59H2,1-3H3,(H,75,76)/b12-9-,21-18-,41-37-. The summed E-state index contributed by atoms with van der Waals surface area (Å²) in [5.74, 6) is -3.12. The van der Waals surface area contributed by atoms with E-state index in [0.29, 0.717) is 19.3 Å². The molecule has 6 unspecified atom stereocenters. The van der Waals surface area contributed by atoms with Crippen molar-refractivity contribution in [3.05, 3.63) is 36.5 Å². The Morgan fingerprint density at radius 2 is 0.778 bits per heavy atom. The maximum atomic E-state index is 13.2. The van der Waals surface area contributed by atoms with Gasteiger partial charge in [0.05, 0.1) is 6.61 Å². The zero-order valence-electron chi connectivity index (χ0n) is 52.3. The van der Waals surface area contributed by atoms with Crippen LogP contribution in [0.3, 0.4) is 0 Å². The van der Waals surface area contributed by atoms with E-state index < -0.39 is 67.3 Å². The first-order valence-electron chi connectivity index (χ1n) is 34.0. The Hall–Kier alpha value is -3.06. The van der Waals surface area contributed by atoms with Crippen LogP contribution in [0.25, 0.3) is 0 Å². The van der Waals surface area contributed by atoms with Crippen molar-refractivity contribution in [3.8, 4) is 0 Å². The summed E-state index contributed by atoms with van der Waals surface area (Å²) in [6.45, 7) is 5.92. The molecule has 3 N–H and O–H groups in total. The molecule has 1 fully saturated rings. The third-order valence-electron chi connectivity index (χ3n) is 15.7. The molecule has 0 bridgehead atoms. The van der Waals surface area contributed by atoms with Gasteiger partial charge in [-0.3, -0.25) is 14.4 Å². The molecule has 1 saturated heterocycles. The maximum Gasteiger partial charge on any atom is 0.335 e. The Morgan fingerprint density at radius 1 is 0.420 bits per heavy atom. The molecule has 1 aliphatic rings. The predicted octanol–water partition coefficient (Wildman–Crippen LogP) is 18.4. The van der Waals surface area contributed by atoms with E-state index in [2.05, 4.69) is 57.2 Å². The molecule has 0 saturated carbocycles. The van der Waals surface area contributed by atoms with Crippen LogP contribution in [0.15, 0.2) is 36.5 Å². The number of hydrogen-bond donors (Lipinski definition) is 3. The summed E-state index contributed by atoms with van der Waals surface area (Å²) in [5.41, 5.74) is 0. The highest BCUT2D eigenvalue weighted by Gasteiger charge is 2.50. The molecule has 12 nitrogen and oxygen atoms in total. The molecule has 6 atom stereocenters.